The van der Waals surface area contributed by atoms with Crippen molar-refractivity contribution in [3.63, 3.8) is 0 Å². The zero-order valence-electron chi connectivity index (χ0n) is 27.7. The molecule has 242 valence electrons. The fraction of sp³-hybridized carbons (Fsp3) is 0.742. The van der Waals surface area contributed by atoms with Gasteiger partial charge in [0.1, 0.15) is 17.6 Å². The lowest BCUT2D eigenvalue weighted by atomic mass is 10.0. The van der Waals surface area contributed by atoms with Gasteiger partial charge in [-0.3, -0.25) is 9.36 Å². The summed E-state index contributed by atoms with van der Waals surface area (Å²) in [6.45, 7) is 20.6. The van der Waals surface area contributed by atoms with Gasteiger partial charge in [-0.2, -0.15) is 4.98 Å². The van der Waals surface area contributed by atoms with E-state index in [9.17, 15) is 14.4 Å². The van der Waals surface area contributed by atoms with Gasteiger partial charge in [-0.15, -0.1) is 0 Å². The molecule has 3 N–H and O–H groups in total. The Labute approximate surface area is 257 Å². The molecule has 0 radical (unpaired) electrons. The minimum atomic E-state index is -2.04. The highest BCUT2D eigenvalue weighted by Crippen LogP contribution is 2.41. The second kappa shape index (κ2) is 15.2. The number of ether oxygens (including phenoxy) is 3. The average molecular weight is 621 g/mol. The molecule has 0 aromatic carbocycles. The van der Waals surface area contributed by atoms with Crippen molar-refractivity contribution in [3.8, 4) is 11.8 Å². The van der Waals surface area contributed by atoms with Gasteiger partial charge in [-0.05, 0) is 58.2 Å². The molecule has 1 aliphatic rings. The molecule has 0 spiro atoms. The molecule has 2 rings (SSSR count). The summed E-state index contributed by atoms with van der Waals surface area (Å²) in [4.78, 5) is 40.8. The lowest BCUT2D eigenvalue weighted by molar-refractivity contribution is -0.146. The second-order valence-electron chi connectivity index (χ2n) is 13.7. The van der Waals surface area contributed by atoms with Crippen LogP contribution in [0, 0.1) is 17.8 Å². The Bertz CT molecular complexity index is 1220. The number of hydrogen-bond acceptors (Lipinski definition) is 9. The number of alkyl carbamates (subject to hydrolysis) is 1. The average Bonchev–Trinajstić information content (AvgIpc) is 3.27. The van der Waals surface area contributed by atoms with Crippen LogP contribution < -0.4 is 16.7 Å². The molecular formula is C31H52N4O7Si. The number of unbranched alkanes of at least 4 members (excludes halogenated alkanes) is 1. The lowest BCUT2D eigenvalue weighted by Gasteiger charge is -2.39. The molecule has 0 saturated carbocycles. The Kier molecular flexibility index (Phi) is 12.8. The van der Waals surface area contributed by atoms with E-state index in [1.54, 1.807) is 13.1 Å². The maximum absolute atomic E-state index is 12.8. The molecule has 11 nitrogen and oxygen atoms in total. The molecule has 43 heavy (non-hydrogen) atoms. The van der Waals surface area contributed by atoms with E-state index in [1.165, 1.54) is 4.57 Å². The van der Waals surface area contributed by atoms with Crippen LogP contribution in [0.1, 0.15) is 99.3 Å². The lowest BCUT2D eigenvalue weighted by Crippen LogP contribution is -2.45. The van der Waals surface area contributed by atoms with Gasteiger partial charge < -0.3 is 29.7 Å². The Morgan fingerprint density at radius 1 is 1.23 bits per heavy atom. The van der Waals surface area contributed by atoms with E-state index in [-0.39, 0.29) is 41.6 Å². The molecule has 4 atom stereocenters. The first-order valence-electron chi connectivity index (χ1n) is 15.2. The number of nitrogen functional groups attached to an aromatic ring is 1. The van der Waals surface area contributed by atoms with Crippen LogP contribution in [-0.4, -0.2) is 60.9 Å². The van der Waals surface area contributed by atoms with E-state index in [2.05, 4.69) is 56.0 Å². The largest absolute Gasteiger partial charge is 0.452 e. The van der Waals surface area contributed by atoms with Crippen LogP contribution >= 0.6 is 0 Å². The first kappa shape index (κ1) is 36.3. The smallest absolute Gasteiger partial charge is 0.407 e. The van der Waals surface area contributed by atoms with Crippen molar-refractivity contribution in [1.82, 2.24) is 14.9 Å². The van der Waals surface area contributed by atoms with Gasteiger partial charge in [0.25, 0.3) is 0 Å². The van der Waals surface area contributed by atoms with Gasteiger partial charge >= 0.3 is 17.8 Å². The maximum Gasteiger partial charge on any atom is 0.407 e. The summed E-state index contributed by atoms with van der Waals surface area (Å²) in [5, 5.41) is 2.76. The molecule has 1 fully saturated rings. The van der Waals surface area contributed by atoms with Crippen LogP contribution in [-0.2, 0) is 23.4 Å². The SMILES string of the molecule is CC[C@H]1O[C@@H](n2cc(C#CCOC(=O)C(C)CCCCNC(=O)OC(C)(C)C)c(N)nc2=O)C[C@H]1O[Si](C)(C)C(C)(C)C. The van der Waals surface area contributed by atoms with Crippen LogP contribution in [0.5, 0.6) is 0 Å². The van der Waals surface area contributed by atoms with E-state index in [0.29, 0.717) is 31.4 Å². The summed E-state index contributed by atoms with van der Waals surface area (Å²) in [6.07, 6.45) is 3.64. The number of nitrogens with zero attached hydrogens (tertiary/aromatic N) is 2. The van der Waals surface area contributed by atoms with E-state index in [4.69, 9.17) is 24.4 Å². The Morgan fingerprint density at radius 3 is 2.51 bits per heavy atom. The van der Waals surface area contributed by atoms with Gasteiger partial charge in [-0.25, -0.2) is 9.59 Å². The predicted molar refractivity (Wildman–Crippen MR) is 169 cm³/mol. The highest BCUT2D eigenvalue weighted by Gasteiger charge is 2.44. The van der Waals surface area contributed by atoms with Gasteiger partial charge in [0.2, 0.25) is 0 Å². The highest BCUT2D eigenvalue weighted by atomic mass is 28.4. The summed E-state index contributed by atoms with van der Waals surface area (Å²) in [6, 6.07) is 0. The first-order chi connectivity index (χ1) is 19.8. The molecule has 1 aromatic heterocycles. The number of rotatable bonds is 11. The molecule has 1 amide bonds. The number of aromatic nitrogens is 2. The second-order valence-corrected chi connectivity index (χ2v) is 18.4. The topological polar surface area (TPSA) is 144 Å². The molecule has 1 unspecified atom stereocenters. The summed E-state index contributed by atoms with van der Waals surface area (Å²) < 4.78 is 24.8. The Balaban J connectivity index is 1.92. The normalized spacial score (nSPS) is 19.7. The highest BCUT2D eigenvalue weighted by molar-refractivity contribution is 6.74. The van der Waals surface area contributed by atoms with Gasteiger partial charge in [0.05, 0.1) is 23.7 Å². The standard InChI is InChI=1S/C31H52N4O7Si/c1-11-23-24(42-43(9,10)31(6,7)8)19-25(40-23)35-20-22(26(32)34-28(35)37)16-14-18-39-27(36)21(2)15-12-13-17-33-29(38)41-30(3,4)5/h20-21,23-25H,11-13,15,17-19H2,1-10H3,(H,33,38)(H2,32,34,37)/t21?,23-,24-,25-/m1/s1. The van der Waals surface area contributed by atoms with Gasteiger partial charge in [0, 0.05) is 19.2 Å². The number of nitrogens with two attached hydrogens (primary N) is 1. The van der Waals surface area contributed by atoms with Gasteiger partial charge in [-0.1, -0.05) is 52.9 Å². The van der Waals surface area contributed by atoms with Crippen molar-refractivity contribution in [3.05, 3.63) is 22.2 Å². The number of nitrogens with one attached hydrogen (secondary N) is 1. The molecule has 0 aliphatic carbocycles. The van der Waals surface area contributed by atoms with Crippen molar-refractivity contribution in [2.75, 3.05) is 18.9 Å². The number of anilines is 1. The predicted octanol–water partition coefficient (Wildman–Crippen LogP) is 5.14. The van der Waals surface area contributed by atoms with E-state index in [1.807, 2.05) is 27.7 Å². The van der Waals surface area contributed by atoms with Crippen molar-refractivity contribution >= 4 is 26.2 Å². The number of carbonyl (C=O) groups excluding carboxylic acids is 2. The van der Waals surface area contributed by atoms with E-state index < -0.39 is 31.9 Å². The van der Waals surface area contributed by atoms with Crippen LogP contribution in [0.4, 0.5) is 10.6 Å². The molecule has 1 saturated heterocycles. The molecule has 0 bridgehead atoms. The summed E-state index contributed by atoms with van der Waals surface area (Å²) in [5.41, 5.74) is 5.29. The van der Waals surface area contributed by atoms with Crippen molar-refractivity contribution in [2.24, 2.45) is 5.92 Å². The van der Waals surface area contributed by atoms with Crippen LogP contribution in [0.3, 0.4) is 0 Å². The number of esters is 1. The third-order valence-electron chi connectivity index (χ3n) is 7.77. The van der Waals surface area contributed by atoms with Crippen molar-refractivity contribution < 1.29 is 28.2 Å². The summed E-state index contributed by atoms with van der Waals surface area (Å²) >= 11 is 0. The number of hydrogen-bond donors (Lipinski definition) is 2. The minimum absolute atomic E-state index is 0.00699. The Morgan fingerprint density at radius 2 is 1.91 bits per heavy atom. The first-order valence-corrected chi connectivity index (χ1v) is 18.1. The third-order valence-corrected chi connectivity index (χ3v) is 12.3. The molecule has 12 heteroatoms. The van der Waals surface area contributed by atoms with Crippen LogP contribution in [0.15, 0.2) is 11.0 Å². The third kappa shape index (κ3) is 11.3. The fourth-order valence-corrected chi connectivity index (χ4v) is 5.63. The fourth-order valence-electron chi connectivity index (χ4n) is 4.28. The summed E-state index contributed by atoms with van der Waals surface area (Å²) in [7, 11) is -2.04. The zero-order chi connectivity index (χ0) is 32.6. The monoisotopic (exact) mass is 620 g/mol. The maximum atomic E-state index is 12.8. The van der Waals surface area contributed by atoms with Crippen LogP contribution in [0.2, 0.25) is 18.1 Å². The molecule has 2 heterocycles. The zero-order valence-corrected chi connectivity index (χ0v) is 28.7. The minimum Gasteiger partial charge on any atom is -0.452 e. The van der Waals surface area contributed by atoms with E-state index in [0.717, 1.165) is 12.8 Å². The van der Waals surface area contributed by atoms with Crippen molar-refractivity contribution in [1.29, 1.82) is 0 Å². The van der Waals surface area contributed by atoms with E-state index >= 15 is 0 Å². The van der Waals surface area contributed by atoms with Gasteiger partial charge in [0.15, 0.2) is 14.9 Å². The quantitative estimate of drug-likeness (QED) is 0.149. The molecule has 1 aromatic rings. The number of carbonyl (C=O) groups is 2. The van der Waals surface area contributed by atoms with Crippen molar-refractivity contribution in [2.45, 2.75) is 130 Å². The summed E-state index contributed by atoms with van der Waals surface area (Å²) in [5.74, 6) is 5.01. The number of amides is 1. The molecule has 1 aliphatic heterocycles. The van der Waals surface area contributed by atoms with Crippen LogP contribution in [0.25, 0.3) is 0 Å². The Hall–Kier alpha value is -2.88. The molecular weight excluding hydrogens is 568 g/mol.